The summed E-state index contributed by atoms with van der Waals surface area (Å²) < 4.78 is 73.5. The molecule has 0 atom stereocenters. The van der Waals surface area contributed by atoms with Crippen LogP contribution >= 0.6 is 0 Å². The average molecular weight is 453 g/mol. The highest BCUT2D eigenvalue weighted by molar-refractivity contribution is 7.71. The summed E-state index contributed by atoms with van der Waals surface area (Å²) in [4.78, 5) is 19.5. The molecule has 1 aromatic carbocycles. The van der Waals surface area contributed by atoms with Gasteiger partial charge in [0.2, 0.25) is 6.79 Å². The molecule has 1 aliphatic heterocycles. The summed E-state index contributed by atoms with van der Waals surface area (Å²) in [6.45, 7) is 0.223. The number of alkyl halides is 3. The van der Waals surface area contributed by atoms with Crippen molar-refractivity contribution in [1.29, 1.82) is 0 Å². The van der Waals surface area contributed by atoms with Gasteiger partial charge in [-0.3, -0.25) is 4.79 Å². The Morgan fingerprint density at radius 2 is 1.81 bits per heavy atom. The van der Waals surface area contributed by atoms with Crippen molar-refractivity contribution in [1.82, 2.24) is 14.5 Å². The number of pyridine rings is 1. The minimum atomic E-state index is -4.79. The molecule has 4 rings (SSSR count). The van der Waals surface area contributed by atoms with Gasteiger partial charge in [-0.1, -0.05) is 6.07 Å². The molecule has 0 radical (unpaired) electrons. The lowest BCUT2D eigenvalue weighted by atomic mass is 10.1. The van der Waals surface area contributed by atoms with Crippen LogP contribution in [0.2, 0.25) is 0 Å². The van der Waals surface area contributed by atoms with Crippen LogP contribution in [-0.2, 0) is 29.2 Å². The number of halogens is 3. The molecule has 31 heavy (non-hydrogen) atoms. The maximum Gasteiger partial charge on any atom is 0.433 e. The summed E-state index contributed by atoms with van der Waals surface area (Å²) in [5.74, 6) is -0.101. The van der Waals surface area contributed by atoms with E-state index < -0.39 is 34.2 Å². The lowest BCUT2D eigenvalue weighted by molar-refractivity contribution is -0.141. The van der Waals surface area contributed by atoms with Crippen LogP contribution in [0, 0.1) is 0 Å². The first-order valence-corrected chi connectivity index (χ1v) is 10.2. The van der Waals surface area contributed by atoms with Gasteiger partial charge in [0.15, 0.2) is 11.5 Å². The predicted octanol–water partition coefficient (Wildman–Crippen LogP) is 2.21. The monoisotopic (exact) mass is 453 g/mol. The Labute approximate surface area is 174 Å². The molecule has 0 unspecified atom stereocenters. The Hall–Kier alpha value is -3.41. The van der Waals surface area contributed by atoms with E-state index >= 15 is 0 Å². The Kier molecular flexibility index (Phi) is 5.39. The Bertz CT molecular complexity index is 1280. The second-order valence-electron chi connectivity index (χ2n) is 6.61. The van der Waals surface area contributed by atoms with E-state index in [0.717, 1.165) is 0 Å². The Morgan fingerprint density at radius 1 is 1.03 bits per heavy atom. The molecule has 0 N–H and O–H groups in total. The van der Waals surface area contributed by atoms with Crippen molar-refractivity contribution in [3.63, 3.8) is 0 Å². The van der Waals surface area contributed by atoms with Gasteiger partial charge in [0.1, 0.15) is 28.0 Å². The second kappa shape index (κ2) is 8.02. The van der Waals surface area contributed by atoms with Gasteiger partial charge in [-0.05, 0) is 29.8 Å². The normalized spacial score (nSPS) is 13.0. The molecule has 0 bridgehead atoms. The number of nitrogens with zero attached hydrogens (tertiary/aromatic N) is 3. The smallest absolute Gasteiger partial charge is 0.433 e. The van der Waals surface area contributed by atoms with E-state index in [-0.39, 0.29) is 30.2 Å². The quantitative estimate of drug-likeness (QED) is 0.592. The van der Waals surface area contributed by atoms with Crippen LogP contribution in [-0.4, -0.2) is 29.7 Å². The molecule has 0 amide bonds. The van der Waals surface area contributed by atoms with Gasteiger partial charge in [0, 0.05) is 17.8 Å². The molecule has 162 valence electrons. The number of benzene rings is 1. The van der Waals surface area contributed by atoms with Gasteiger partial charge in [0.05, 0.1) is 12.2 Å². The first kappa shape index (κ1) is 20.8. The third-order valence-electron chi connectivity index (χ3n) is 4.40. The number of rotatable bonds is 5. The molecular weight excluding hydrogens is 439 g/mol. The Balaban J connectivity index is 1.73. The van der Waals surface area contributed by atoms with Gasteiger partial charge in [0.25, 0.3) is 5.56 Å². The molecule has 0 fully saturated rings. The van der Waals surface area contributed by atoms with Crippen molar-refractivity contribution in [2.45, 2.75) is 18.5 Å². The number of fused-ring (bicyclic) bond motifs is 1. The highest BCUT2D eigenvalue weighted by atomic mass is 32.2. The summed E-state index contributed by atoms with van der Waals surface area (Å²) in [6.07, 6.45) is -3.43. The fraction of sp³-hybridized carbons (Fsp3) is 0.211. The summed E-state index contributed by atoms with van der Waals surface area (Å²) >= 11 is 0. The van der Waals surface area contributed by atoms with Gasteiger partial charge in [-0.2, -0.15) is 13.2 Å². The highest BCUT2D eigenvalue weighted by Gasteiger charge is 2.34. The van der Waals surface area contributed by atoms with Crippen molar-refractivity contribution in [3.8, 4) is 22.8 Å². The van der Waals surface area contributed by atoms with Crippen molar-refractivity contribution in [2.75, 3.05) is 6.79 Å². The fourth-order valence-corrected chi connectivity index (χ4v) is 3.39. The number of hydrogen-bond acceptors (Lipinski definition) is 7. The van der Waals surface area contributed by atoms with Gasteiger partial charge in [-0.25, -0.2) is 18.4 Å². The largest absolute Gasteiger partial charge is 0.454 e. The first-order valence-electron chi connectivity index (χ1n) is 8.85. The highest BCUT2D eigenvalue weighted by Crippen LogP contribution is 2.33. The van der Waals surface area contributed by atoms with E-state index in [9.17, 15) is 26.4 Å². The lowest BCUT2D eigenvalue weighted by Crippen LogP contribution is -2.19. The van der Waals surface area contributed by atoms with E-state index in [0.29, 0.717) is 23.1 Å². The van der Waals surface area contributed by atoms with Crippen molar-refractivity contribution in [2.24, 2.45) is 0 Å². The maximum atomic E-state index is 13.2. The van der Waals surface area contributed by atoms with Crippen LogP contribution in [0.1, 0.15) is 17.1 Å². The van der Waals surface area contributed by atoms with Crippen molar-refractivity contribution < 1.29 is 31.1 Å². The van der Waals surface area contributed by atoms with Crippen LogP contribution in [0.15, 0.2) is 47.4 Å². The molecule has 0 saturated heterocycles. The molecule has 3 aromatic rings. The zero-order valence-corrected chi connectivity index (χ0v) is 16.5. The maximum absolute atomic E-state index is 13.2. The number of ether oxygens (including phenoxy) is 2. The van der Waals surface area contributed by atoms with Crippen molar-refractivity contribution in [3.05, 3.63) is 70.0 Å². The molecule has 0 saturated carbocycles. The lowest BCUT2D eigenvalue weighted by Gasteiger charge is -2.12. The third-order valence-corrected chi connectivity index (χ3v) is 4.94. The van der Waals surface area contributed by atoms with Crippen LogP contribution < -0.4 is 15.0 Å². The number of thiol groups is 1. The van der Waals surface area contributed by atoms with Gasteiger partial charge in [-0.15, -0.1) is 0 Å². The van der Waals surface area contributed by atoms with E-state index in [1.54, 1.807) is 18.2 Å². The van der Waals surface area contributed by atoms with E-state index in [1.165, 1.54) is 22.9 Å². The zero-order valence-electron chi connectivity index (χ0n) is 15.6. The molecule has 2 aromatic heterocycles. The molecule has 1 aliphatic rings. The minimum Gasteiger partial charge on any atom is -0.454 e. The molecule has 3 heterocycles. The SMILES string of the molecule is O=c1ccc(-c2cc(C(F)(F)F)nc(C[SH](=O)=O)n2)cn1Cc1ccc2c(c1)OCO2. The van der Waals surface area contributed by atoms with Crippen LogP contribution in [0.4, 0.5) is 13.2 Å². The summed E-state index contributed by atoms with van der Waals surface area (Å²) in [6, 6.07) is 8.38. The minimum absolute atomic E-state index is 0.0979. The van der Waals surface area contributed by atoms with Crippen LogP contribution in [0.5, 0.6) is 11.5 Å². The summed E-state index contributed by atoms with van der Waals surface area (Å²) in [5.41, 5.74) is -0.873. The van der Waals surface area contributed by atoms with Crippen molar-refractivity contribution >= 4 is 10.7 Å². The van der Waals surface area contributed by atoms with Crippen LogP contribution in [0.25, 0.3) is 11.3 Å². The molecule has 0 aliphatic carbocycles. The second-order valence-corrected chi connectivity index (χ2v) is 7.60. The summed E-state index contributed by atoms with van der Waals surface area (Å²) in [7, 11) is -3.02. The fourth-order valence-electron chi connectivity index (χ4n) is 3.02. The standard InChI is InChI=1S/C19H14F3N3O5S/c20-19(21,22)16-6-13(23-17(24-16)9-31(27)28)12-2-4-18(26)25(8-12)7-11-1-3-14-15(5-11)30-10-29-14/h1-6,8,31H,7,9-10H2. The zero-order chi connectivity index (χ0) is 22.2. The van der Waals surface area contributed by atoms with Gasteiger partial charge >= 0.3 is 6.18 Å². The van der Waals surface area contributed by atoms with E-state index in [2.05, 4.69) is 9.97 Å². The average Bonchev–Trinajstić information content (AvgIpc) is 3.16. The molecule has 8 nitrogen and oxygen atoms in total. The number of aromatic nitrogens is 3. The van der Waals surface area contributed by atoms with E-state index in [4.69, 9.17) is 9.47 Å². The number of hydrogen-bond donors (Lipinski definition) is 1. The van der Waals surface area contributed by atoms with Gasteiger partial charge < -0.3 is 14.0 Å². The summed E-state index contributed by atoms with van der Waals surface area (Å²) in [5, 5.41) is 0. The third kappa shape index (κ3) is 4.68. The molecule has 0 spiro atoms. The van der Waals surface area contributed by atoms with E-state index in [1.807, 2.05) is 0 Å². The topological polar surface area (TPSA) is 100 Å². The molecule has 12 heteroatoms. The molecular formula is C19H14F3N3O5S. The Morgan fingerprint density at radius 3 is 2.55 bits per heavy atom. The predicted molar refractivity (Wildman–Crippen MR) is 102 cm³/mol. The first-order chi connectivity index (χ1) is 14.7. The van der Waals surface area contributed by atoms with Crippen LogP contribution in [0.3, 0.4) is 0 Å².